The molecule has 0 aliphatic heterocycles. The monoisotopic (exact) mass is 266 g/mol. The Hall–Kier alpha value is -1.40. The smallest absolute Gasteiger partial charge is 0.336 e. The van der Waals surface area contributed by atoms with Gasteiger partial charge in [-0.3, -0.25) is 0 Å². The fourth-order valence-corrected chi connectivity index (χ4v) is 3.30. The van der Waals surface area contributed by atoms with E-state index in [1.165, 1.54) is 23.1 Å². The van der Waals surface area contributed by atoms with Gasteiger partial charge in [0.15, 0.2) is 4.34 Å². The molecule has 0 aliphatic rings. The van der Waals surface area contributed by atoms with Gasteiger partial charge in [-0.15, -0.1) is 10.2 Å². The van der Waals surface area contributed by atoms with Crippen molar-refractivity contribution in [3.63, 3.8) is 0 Å². The average Bonchev–Trinajstić information content (AvgIpc) is 2.63. The zero-order valence-corrected chi connectivity index (χ0v) is 10.9. The highest BCUT2D eigenvalue weighted by atomic mass is 32.2. The van der Waals surface area contributed by atoms with Gasteiger partial charge in [0.1, 0.15) is 5.01 Å². The molecule has 0 aliphatic carbocycles. The lowest BCUT2D eigenvalue weighted by atomic mass is 10.1. The fourth-order valence-electron chi connectivity index (χ4n) is 1.30. The predicted molar refractivity (Wildman–Crippen MR) is 66.9 cm³/mol. The lowest BCUT2D eigenvalue weighted by Gasteiger charge is -2.04. The molecule has 0 saturated heterocycles. The Kier molecular flexibility index (Phi) is 3.44. The highest BCUT2D eigenvalue weighted by Gasteiger charge is 2.13. The largest absolute Gasteiger partial charge is 0.478 e. The van der Waals surface area contributed by atoms with Crippen LogP contribution < -0.4 is 0 Å². The maximum Gasteiger partial charge on any atom is 0.336 e. The number of benzene rings is 1. The molecule has 2 aromatic rings. The van der Waals surface area contributed by atoms with Gasteiger partial charge >= 0.3 is 5.97 Å². The van der Waals surface area contributed by atoms with Gasteiger partial charge in [0, 0.05) is 4.90 Å². The number of rotatable bonds is 3. The van der Waals surface area contributed by atoms with E-state index in [9.17, 15) is 4.79 Å². The van der Waals surface area contributed by atoms with E-state index in [0.29, 0.717) is 10.5 Å². The molecule has 0 atom stereocenters. The SMILES string of the molecule is Cc1ccc(C(=O)O)c(Sc2nnc(C)s2)c1. The van der Waals surface area contributed by atoms with Crippen LogP contribution in [0.5, 0.6) is 0 Å². The number of carboxylic acids is 1. The molecule has 0 fully saturated rings. The van der Waals surface area contributed by atoms with E-state index in [-0.39, 0.29) is 0 Å². The zero-order chi connectivity index (χ0) is 12.4. The predicted octanol–water partition coefficient (Wildman–Crippen LogP) is 3.00. The Morgan fingerprint density at radius 2 is 2.12 bits per heavy atom. The molecule has 0 amide bonds. The molecule has 0 saturated carbocycles. The second-order valence-corrected chi connectivity index (χ2v) is 5.96. The summed E-state index contributed by atoms with van der Waals surface area (Å²) in [5, 5.41) is 17.9. The van der Waals surface area contributed by atoms with Crippen molar-refractivity contribution < 1.29 is 9.90 Å². The van der Waals surface area contributed by atoms with Crippen LogP contribution in [0.3, 0.4) is 0 Å². The Morgan fingerprint density at radius 3 is 2.71 bits per heavy atom. The third-order valence-electron chi connectivity index (χ3n) is 2.07. The van der Waals surface area contributed by atoms with Crippen molar-refractivity contribution in [2.24, 2.45) is 0 Å². The number of hydrogen-bond donors (Lipinski definition) is 1. The van der Waals surface area contributed by atoms with E-state index in [1.807, 2.05) is 19.9 Å². The summed E-state index contributed by atoms with van der Waals surface area (Å²) in [4.78, 5) is 11.8. The van der Waals surface area contributed by atoms with Crippen LogP contribution in [-0.2, 0) is 0 Å². The van der Waals surface area contributed by atoms with E-state index in [0.717, 1.165) is 14.9 Å². The Bertz CT molecular complexity index is 566. The van der Waals surface area contributed by atoms with Crippen molar-refractivity contribution >= 4 is 29.1 Å². The molecule has 0 spiro atoms. The van der Waals surface area contributed by atoms with Gasteiger partial charge < -0.3 is 5.11 Å². The molecule has 0 radical (unpaired) electrons. The van der Waals surface area contributed by atoms with Gasteiger partial charge in [-0.25, -0.2) is 4.79 Å². The average molecular weight is 266 g/mol. The summed E-state index contributed by atoms with van der Waals surface area (Å²) in [7, 11) is 0. The van der Waals surface area contributed by atoms with Crippen LogP contribution >= 0.6 is 23.1 Å². The third-order valence-corrected chi connectivity index (χ3v) is 4.02. The van der Waals surface area contributed by atoms with E-state index >= 15 is 0 Å². The van der Waals surface area contributed by atoms with Gasteiger partial charge in [-0.1, -0.05) is 29.2 Å². The van der Waals surface area contributed by atoms with Crippen molar-refractivity contribution in [1.29, 1.82) is 0 Å². The van der Waals surface area contributed by atoms with Crippen molar-refractivity contribution in [3.05, 3.63) is 34.3 Å². The van der Waals surface area contributed by atoms with E-state index in [4.69, 9.17) is 5.11 Å². The second kappa shape index (κ2) is 4.85. The minimum Gasteiger partial charge on any atom is -0.478 e. The molecule has 6 heteroatoms. The molecule has 4 nitrogen and oxygen atoms in total. The summed E-state index contributed by atoms with van der Waals surface area (Å²) in [5.74, 6) is -0.922. The van der Waals surface area contributed by atoms with Gasteiger partial charge in [0.2, 0.25) is 0 Å². The molecular formula is C11H10N2O2S2. The molecular weight excluding hydrogens is 256 g/mol. The molecule has 1 N–H and O–H groups in total. The maximum absolute atomic E-state index is 11.1. The molecule has 88 valence electrons. The van der Waals surface area contributed by atoms with Crippen LogP contribution in [-0.4, -0.2) is 21.3 Å². The standard InChI is InChI=1S/C11H10N2O2S2/c1-6-3-4-8(10(14)15)9(5-6)17-11-13-12-7(2)16-11/h3-5H,1-2H3,(H,14,15). The van der Waals surface area contributed by atoms with Crippen LogP contribution in [0.25, 0.3) is 0 Å². The first-order valence-corrected chi connectivity index (χ1v) is 6.51. The number of carbonyl (C=O) groups is 1. The fraction of sp³-hybridized carbons (Fsp3) is 0.182. The van der Waals surface area contributed by atoms with Crippen LogP contribution in [0, 0.1) is 13.8 Å². The van der Waals surface area contributed by atoms with Gasteiger partial charge in [0.25, 0.3) is 0 Å². The topological polar surface area (TPSA) is 63.1 Å². The molecule has 1 heterocycles. The summed E-state index contributed by atoms with van der Waals surface area (Å²) in [5.41, 5.74) is 1.33. The number of aromatic carboxylic acids is 1. The summed E-state index contributed by atoms with van der Waals surface area (Å²) in [6.45, 7) is 3.80. The normalized spacial score (nSPS) is 10.5. The lowest BCUT2D eigenvalue weighted by Crippen LogP contribution is -1.98. The zero-order valence-electron chi connectivity index (χ0n) is 9.30. The first kappa shape index (κ1) is 12.1. The highest BCUT2D eigenvalue weighted by Crippen LogP contribution is 2.32. The third kappa shape index (κ3) is 2.83. The molecule has 0 unspecified atom stereocenters. The highest BCUT2D eigenvalue weighted by molar-refractivity contribution is 8.01. The van der Waals surface area contributed by atoms with E-state index in [2.05, 4.69) is 10.2 Å². The summed E-state index contributed by atoms with van der Waals surface area (Å²) in [6, 6.07) is 5.26. The maximum atomic E-state index is 11.1. The first-order chi connectivity index (χ1) is 8.06. The van der Waals surface area contributed by atoms with Crippen molar-refractivity contribution in [3.8, 4) is 0 Å². The Balaban J connectivity index is 2.37. The Labute approximate surface area is 107 Å². The molecule has 17 heavy (non-hydrogen) atoms. The second-order valence-electron chi connectivity index (χ2n) is 3.49. The molecule has 1 aromatic carbocycles. The van der Waals surface area contributed by atoms with E-state index < -0.39 is 5.97 Å². The minimum absolute atomic E-state index is 0.299. The van der Waals surface area contributed by atoms with Crippen LogP contribution in [0.15, 0.2) is 27.4 Å². The quantitative estimate of drug-likeness (QED) is 0.925. The summed E-state index contributed by atoms with van der Waals surface area (Å²) >= 11 is 2.80. The lowest BCUT2D eigenvalue weighted by molar-refractivity contribution is 0.0693. The Morgan fingerprint density at radius 1 is 1.35 bits per heavy atom. The van der Waals surface area contributed by atoms with Crippen LogP contribution in [0.1, 0.15) is 20.9 Å². The van der Waals surface area contributed by atoms with Crippen molar-refractivity contribution in [2.75, 3.05) is 0 Å². The van der Waals surface area contributed by atoms with Crippen molar-refractivity contribution in [2.45, 2.75) is 23.1 Å². The van der Waals surface area contributed by atoms with Crippen LogP contribution in [0.2, 0.25) is 0 Å². The summed E-state index contributed by atoms with van der Waals surface area (Å²) < 4.78 is 0.760. The number of aryl methyl sites for hydroxylation is 2. The number of carboxylic acid groups (broad SMARTS) is 1. The first-order valence-electron chi connectivity index (χ1n) is 4.88. The number of hydrogen-bond acceptors (Lipinski definition) is 5. The minimum atomic E-state index is -0.922. The number of aromatic nitrogens is 2. The summed E-state index contributed by atoms with van der Waals surface area (Å²) in [6.07, 6.45) is 0. The van der Waals surface area contributed by atoms with Crippen molar-refractivity contribution in [1.82, 2.24) is 10.2 Å². The molecule has 1 aromatic heterocycles. The van der Waals surface area contributed by atoms with Gasteiger partial charge in [0.05, 0.1) is 5.56 Å². The van der Waals surface area contributed by atoms with Gasteiger partial charge in [-0.05, 0) is 31.5 Å². The van der Waals surface area contributed by atoms with Gasteiger partial charge in [-0.2, -0.15) is 0 Å². The van der Waals surface area contributed by atoms with E-state index in [1.54, 1.807) is 12.1 Å². The molecule has 0 bridgehead atoms. The van der Waals surface area contributed by atoms with Crippen LogP contribution in [0.4, 0.5) is 0 Å². The number of nitrogens with zero attached hydrogens (tertiary/aromatic N) is 2. The molecule has 2 rings (SSSR count).